The van der Waals surface area contributed by atoms with Crippen molar-refractivity contribution in [3.05, 3.63) is 106 Å². The van der Waals surface area contributed by atoms with E-state index in [0.717, 1.165) is 6.07 Å². The highest BCUT2D eigenvalue weighted by atomic mass is 32.1. The minimum absolute atomic E-state index is 0.0350. The van der Waals surface area contributed by atoms with E-state index in [0.29, 0.717) is 11.3 Å². The topological polar surface area (TPSA) is 142 Å². The number of thiocarbonyl (C=S) groups is 1. The van der Waals surface area contributed by atoms with Gasteiger partial charge in [0.25, 0.3) is 23.4 Å². The number of nitrogens with one attached hydrogen (secondary N) is 4. The number of nitrogens with zero attached hydrogens (tertiary/aromatic N) is 1. The zero-order chi connectivity index (χ0) is 23.8. The number of non-ortho nitro benzene ring substituents is 1. The van der Waals surface area contributed by atoms with Crippen LogP contribution in [-0.4, -0.2) is 27.8 Å². The molecule has 0 aromatic heterocycles. The number of rotatable bonds is 5. The van der Waals surface area contributed by atoms with Crippen LogP contribution in [0.2, 0.25) is 0 Å². The number of carbonyl (C=O) groups excluding carboxylic acids is 3. The molecule has 3 amide bonds. The molecule has 0 bridgehead atoms. The van der Waals surface area contributed by atoms with Crippen molar-refractivity contribution in [3.63, 3.8) is 0 Å². The van der Waals surface area contributed by atoms with Crippen LogP contribution in [0.3, 0.4) is 0 Å². The van der Waals surface area contributed by atoms with E-state index in [1.165, 1.54) is 30.3 Å². The quantitative estimate of drug-likeness (QED) is 0.259. The number of hydrogen-bond acceptors (Lipinski definition) is 6. The summed E-state index contributed by atoms with van der Waals surface area (Å²) in [6.07, 6.45) is 0. The maximum atomic E-state index is 12.3. The molecule has 0 saturated heterocycles. The van der Waals surface area contributed by atoms with Gasteiger partial charge in [-0.25, -0.2) is 0 Å². The Kier molecular flexibility index (Phi) is 7.39. The van der Waals surface area contributed by atoms with Gasteiger partial charge in [-0.1, -0.05) is 24.3 Å². The summed E-state index contributed by atoms with van der Waals surface area (Å²) in [4.78, 5) is 46.8. The Bertz CT molecular complexity index is 1220. The van der Waals surface area contributed by atoms with Crippen LogP contribution in [0.1, 0.15) is 31.1 Å². The third-order valence-corrected chi connectivity index (χ3v) is 4.48. The minimum atomic E-state index is -0.677. The smallest absolute Gasteiger partial charge is 0.270 e. The van der Waals surface area contributed by atoms with Crippen LogP contribution in [0.5, 0.6) is 0 Å². The zero-order valence-electron chi connectivity index (χ0n) is 16.9. The number of carbonyl (C=O) groups is 3. The first kappa shape index (κ1) is 23.0. The lowest BCUT2D eigenvalue weighted by molar-refractivity contribution is -0.384. The molecule has 0 spiro atoms. The molecule has 10 nitrogen and oxygen atoms in total. The molecule has 0 aliphatic carbocycles. The van der Waals surface area contributed by atoms with Crippen molar-refractivity contribution in [2.75, 3.05) is 5.32 Å². The van der Waals surface area contributed by atoms with Gasteiger partial charge in [0.2, 0.25) is 0 Å². The lowest BCUT2D eigenvalue weighted by Crippen LogP contribution is -2.48. The summed E-state index contributed by atoms with van der Waals surface area (Å²) in [5, 5.41) is 15.7. The number of anilines is 1. The molecular formula is C22H17N5O5S. The Morgan fingerprint density at radius 2 is 1.36 bits per heavy atom. The van der Waals surface area contributed by atoms with E-state index in [9.17, 15) is 24.5 Å². The van der Waals surface area contributed by atoms with Crippen molar-refractivity contribution in [2.24, 2.45) is 0 Å². The van der Waals surface area contributed by atoms with E-state index < -0.39 is 16.7 Å². The van der Waals surface area contributed by atoms with Gasteiger partial charge in [0, 0.05) is 34.5 Å². The highest BCUT2D eigenvalue weighted by Gasteiger charge is 2.13. The normalized spacial score (nSPS) is 9.94. The van der Waals surface area contributed by atoms with Gasteiger partial charge in [-0.15, -0.1) is 0 Å². The Morgan fingerprint density at radius 1 is 0.727 bits per heavy atom. The lowest BCUT2D eigenvalue weighted by Gasteiger charge is -2.11. The second kappa shape index (κ2) is 10.6. The van der Waals surface area contributed by atoms with Gasteiger partial charge in [0.1, 0.15) is 0 Å². The number of benzene rings is 3. The number of nitro groups is 1. The zero-order valence-corrected chi connectivity index (χ0v) is 17.7. The Hall–Kier alpha value is -4.64. The number of hydrogen-bond donors (Lipinski definition) is 4. The van der Waals surface area contributed by atoms with Crippen molar-refractivity contribution >= 4 is 46.4 Å². The van der Waals surface area contributed by atoms with Crippen LogP contribution in [0.4, 0.5) is 11.4 Å². The van der Waals surface area contributed by atoms with Crippen molar-refractivity contribution in [1.29, 1.82) is 0 Å². The largest absolute Gasteiger partial charge is 0.322 e. The predicted octanol–water partition coefficient (Wildman–Crippen LogP) is 2.80. The fourth-order valence-electron chi connectivity index (χ4n) is 2.65. The summed E-state index contributed by atoms with van der Waals surface area (Å²) in [7, 11) is 0. The van der Waals surface area contributed by atoms with Crippen LogP contribution in [0.15, 0.2) is 78.9 Å². The fourth-order valence-corrected chi connectivity index (χ4v) is 2.79. The molecule has 11 heteroatoms. The van der Waals surface area contributed by atoms with Crippen molar-refractivity contribution in [2.45, 2.75) is 0 Å². The molecule has 0 radical (unpaired) electrons. The van der Waals surface area contributed by atoms with Gasteiger partial charge in [-0.3, -0.25) is 40.7 Å². The fraction of sp³-hybridized carbons (Fsp3) is 0. The third kappa shape index (κ3) is 6.42. The first-order valence-electron chi connectivity index (χ1n) is 9.46. The predicted molar refractivity (Wildman–Crippen MR) is 125 cm³/mol. The molecule has 4 N–H and O–H groups in total. The first-order valence-corrected chi connectivity index (χ1v) is 9.87. The monoisotopic (exact) mass is 463 g/mol. The first-order chi connectivity index (χ1) is 15.8. The van der Waals surface area contributed by atoms with Crippen molar-refractivity contribution in [3.8, 4) is 0 Å². The van der Waals surface area contributed by atoms with E-state index in [1.54, 1.807) is 36.4 Å². The number of amides is 3. The Morgan fingerprint density at radius 3 is 2.03 bits per heavy atom. The Balaban J connectivity index is 1.50. The summed E-state index contributed by atoms with van der Waals surface area (Å²) in [6.45, 7) is 0. The molecule has 0 atom stereocenters. The highest BCUT2D eigenvalue weighted by molar-refractivity contribution is 7.80. The SMILES string of the molecule is O=C(NNC(=S)NC(=O)c1cccc([N+](=O)[O-])c1)c1ccc(NC(=O)c2ccccc2)cc1. The highest BCUT2D eigenvalue weighted by Crippen LogP contribution is 2.13. The molecule has 0 heterocycles. The summed E-state index contributed by atoms with van der Waals surface area (Å²) in [5.74, 6) is -1.49. The van der Waals surface area contributed by atoms with Crippen LogP contribution in [0.25, 0.3) is 0 Å². The van der Waals surface area contributed by atoms with Crippen LogP contribution < -0.4 is 21.5 Å². The lowest BCUT2D eigenvalue weighted by atomic mass is 10.1. The van der Waals surface area contributed by atoms with Gasteiger partial charge in [0.15, 0.2) is 5.11 Å². The number of nitro benzene ring substituents is 1. The van der Waals surface area contributed by atoms with Crippen LogP contribution >= 0.6 is 12.2 Å². The maximum Gasteiger partial charge on any atom is 0.270 e. The average molecular weight is 463 g/mol. The molecular weight excluding hydrogens is 446 g/mol. The second-order valence-electron chi connectivity index (χ2n) is 6.57. The molecule has 166 valence electrons. The van der Waals surface area contributed by atoms with Crippen molar-refractivity contribution in [1.82, 2.24) is 16.2 Å². The van der Waals surface area contributed by atoms with E-state index in [2.05, 4.69) is 21.5 Å². The van der Waals surface area contributed by atoms with Gasteiger partial charge >= 0.3 is 0 Å². The molecule has 33 heavy (non-hydrogen) atoms. The van der Waals surface area contributed by atoms with Gasteiger partial charge in [-0.2, -0.15) is 0 Å². The third-order valence-electron chi connectivity index (χ3n) is 4.28. The Labute approximate surface area is 193 Å². The number of hydrazine groups is 1. The molecule has 0 fully saturated rings. The van der Waals surface area contributed by atoms with Crippen LogP contribution in [-0.2, 0) is 0 Å². The molecule has 0 aliphatic rings. The second-order valence-corrected chi connectivity index (χ2v) is 6.98. The van der Waals surface area contributed by atoms with E-state index in [1.807, 2.05) is 6.07 Å². The summed E-state index contributed by atoms with van der Waals surface area (Å²) < 4.78 is 0. The maximum absolute atomic E-state index is 12.3. The molecule has 0 unspecified atom stereocenters. The van der Waals surface area contributed by atoms with E-state index in [4.69, 9.17) is 12.2 Å². The molecule has 3 aromatic rings. The molecule has 0 saturated carbocycles. The van der Waals surface area contributed by atoms with Crippen LogP contribution in [0, 0.1) is 10.1 Å². The van der Waals surface area contributed by atoms with Crippen molar-refractivity contribution < 1.29 is 19.3 Å². The minimum Gasteiger partial charge on any atom is -0.322 e. The van der Waals surface area contributed by atoms with Gasteiger partial charge in [-0.05, 0) is 54.7 Å². The van der Waals surface area contributed by atoms with E-state index in [-0.39, 0.29) is 27.8 Å². The van der Waals surface area contributed by atoms with Gasteiger partial charge in [0.05, 0.1) is 4.92 Å². The van der Waals surface area contributed by atoms with E-state index >= 15 is 0 Å². The molecule has 0 aliphatic heterocycles. The van der Waals surface area contributed by atoms with Gasteiger partial charge < -0.3 is 5.32 Å². The summed E-state index contributed by atoms with van der Waals surface area (Å²) >= 11 is 4.96. The molecule has 3 aromatic carbocycles. The molecule has 3 rings (SSSR count). The average Bonchev–Trinajstić information content (AvgIpc) is 2.83. The standard InChI is InChI=1S/C22H17N5O5S/c28-19(14-5-2-1-3-6-14)23-17-11-9-15(10-12-17)21(30)25-26-22(33)24-20(29)16-7-4-8-18(13-16)27(31)32/h1-13H,(H,23,28)(H,25,30)(H2,24,26,29,33). The summed E-state index contributed by atoms with van der Waals surface area (Å²) in [6, 6.07) is 20.0. The summed E-state index contributed by atoms with van der Waals surface area (Å²) in [5.41, 5.74) is 5.79.